The van der Waals surface area contributed by atoms with Crippen LogP contribution in [0.1, 0.15) is 48.2 Å². The standard InChI is InChI=1S/C20H25ClN2O2S/c21-17-2-1-16(26-17)18(24)22-3-5-23(6-4-22)19(25)20-10-13-7-14(11-20)9-15(8-13)12-20/h1-2,13-15H,3-12H2. The van der Waals surface area contributed by atoms with E-state index in [0.717, 1.165) is 37.0 Å². The highest BCUT2D eigenvalue weighted by Crippen LogP contribution is 2.60. The molecule has 4 bridgehead atoms. The van der Waals surface area contributed by atoms with E-state index in [-0.39, 0.29) is 11.3 Å². The number of carbonyl (C=O) groups is 2. The van der Waals surface area contributed by atoms with Crippen LogP contribution in [0.15, 0.2) is 12.1 Å². The maximum absolute atomic E-state index is 13.4. The first kappa shape index (κ1) is 17.1. The summed E-state index contributed by atoms with van der Waals surface area (Å²) in [7, 11) is 0. The van der Waals surface area contributed by atoms with Gasteiger partial charge in [0.05, 0.1) is 14.6 Å². The molecule has 140 valence electrons. The monoisotopic (exact) mass is 392 g/mol. The highest BCUT2D eigenvalue weighted by molar-refractivity contribution is 7.17. The largest absolute Gasteiger partial charge is 0.339 e. The molecule has 1 aromatic heterocycles. The SMILES string of the molecule is O=C(c1ccc(Cl)s1)N1CCN(C(=O)C23CC4CC(CC(C4)C2)C3)CC1. The second-order valence-electron chi connectivity index (χ2n) is 8.89. The number of rotatable bonds is 2. The Kier molecular flexibility index (Phi) is 4.09. The van der Waals surface area contributed by atoms with Crippen molar-refractivity contribution >= 4 is 34.8 Å². The number of hydrogen-bond acceptors (Lipinski definition) is 3. The maximum atomic E-state index is 13.4. The molecule has 1 aromatic rings. The Morgan fingerprint density at radius 2 is 1.46 bits per heavy atom. The first-order valence-electron chi connectivity index (χ1n) is 9.86. The molecule has 2 amide bonds. The first-order chi connectivity index (χ1) is 12.5. The second kappa shape index (κ2) is 6.23. The number of nitrogens with zero attached hydrogens (tertiary/aromatic N) is 2. The molecular formula is C20H25ClN2O2S. The Bertz CT molecular complexity index is 703. The van der Waals surface area contributed by atoms with Crippen molar-refractivity contribution in [3.8, 4) is 0 Å². The van der Waals surface area contributed by atoms with Crippen LogP contribution in [0, 0.1) is 23.2 Å². The molecular weight excluding hydrogens is 368 g/mol. The Balaban J connectivity index is 1.24. The minimum Gasteiger partial charge on any atom is -0.339 e. The van der Waals surface area contributed by atoms with Crippen molar-refractivity contribution in [3.63, 3.8) is 0 Å². The molecule has 1 aliphatic heterocycles. The van der Waals surface area contributed by atoms with Crippen LogP contribution in [0.3, 0.4) is 0 Å². The highest BCUT2D eigenvalue weighted by Gasteiger charge is 2.55. The molecule has 4 aliphatic carbocycles. The van der Waals surface area contributed by atoms with Crippen molar-refractivity contribution in [1.82, 2.24) is 9.80 Å². The molecule has 6 heteroatoms. The summed E-state index contributed by atoms with van der Waals surface area (Å²) in [4.78, 5) is 30.6. The number of amides is 2. The molecule has 0 unspecified atom stereocenters. The van der Waals surface area contributed by atoms with E-state index in [2.05, 4.69) is 4.90 Å². The fourth-order valence-electron chi connectivity index (χ4n) is 6.41. The van der Waals surface area contributed by atoms with Gasteiger partial charge in [-0.1, -0.05) is 11.6 Å². The topological polar surface area (TPSA) is 40.6 Å². The summed E-state index contributed by atoms with van der Waals surface area (Å²) in [6, 6.07) is 3.56. The van der Waals surface area contributed by atoms with Gasteiger partial charge < -0.3 is 9.80 Å². The Morgan fingerprint density at radius 3 is 1.96 bits per heavy atom. The van der Waals surface area contributed by atoms with E-state index < -0.39 is 0 Å². The summed E-state index contributed by atoms with van der Waals surface area (Å²) < 4.78 is 0.643. The fourth-order valence-corrected chi connectivity index (χ4v) is 7.42. The third-order valence-electron chi connectivity index (χ3n) is 7.13. The van der Waals surface area contributed by atoms with Crippen LogP contribution >= 0.6 is 22.9 Å². The van der Waals surface area contributed by atoms with E-state index in [1.165, 1.54) is 30.6 Å². The Labute approximate surface area is 163 Å². The van der Waals surface area contributed by atoms with Crippen LogP contribution in [0.4, 0.5) is 0 Å². The van der Waals surface area contributed by atoms with Crippen molar-refractivity contribution in [2.75, 3.05) is 26.2 Å². The van der Waals surface area contributed by atoms with Gasteiger partial charge in [-0.25, -0.2) is 0 Å². The van der Waals surface area contributed by atoms with Crippen molar-refractivity contribution in [2.24, 2.45) is 23.2 Å². The lowest BCUT2D eigenvalue weighted by molar-refractivity contribution is -0.159. The lowest BCUT2D eigenvalue weighted by atomic mass is 9.49. The third-order valence-corrected chi connectivity index (χ3v) is 8.35. The van der Waals surface area contributed by atoms with Gasteiger partial charge in [0, 0.05) is 26.2 Å². The van der Waals surface area contributed by atoms with Crippen LogP contribution in [0.2, 0.25) is 4.34 Å². The smallest absolute Gasteiger partial charge is 0.264 e. The molecule has 0 N–H and O–H groups in total. The molecule has 2 heterocycles. The first-order valence-corrected chi connectivity index (χ1v) is 11.1. The normalized spacial score (nSPS) is 35.8. The lowest BCUT2D eigenvalue weighted by Gasteiger charge is -2.57. The molecule has 5 fully saturated rings. The van der Waals surface area contributed by atoms with E-state index in [4.69, 9.17) is 11.6 Å². The van der Waals surface area contributed by atoms with Crippen molar-refractivity contribution in [1.29, 1.82) is 0 Å². The lowest BCUT2D eigenvalue weighted by Crippen LogP contribution is -2.58. The summed E-state index contributed by atoms with van der Waals surface area (Å²) >= 11 is 7.28. The average molecular weight is 393 g/mol. The van der Waals surface area contributed by atoms with Crippen molar-refractivity contribution < 1.29 is 9.59 Å². The van der Waals surface area contributed by atoms with Crippen LogP contribution in [-0.4, -0.2) is 47.8 Å². The van der Waals surface area contributed by atoms with Gasteiger partial charge in [-0.2, -0.15) is 0 Å². The number of carbonyl (C=O) groups excluding carboxylic acids is 2. The van der Waals surface area contributed by atoms with E-state index in [1.54, 1.807) is 12.1 Å². The van der Waals surface area contributed by atoms with Crippen LogP contribution in [-0.2, 0) is 4.79 Å². The Morgan fingerprint density at radius 1 is 0.923 bits per heavy atom. The number of thiophene rings is 1. The molecule has 0 aromatic carbocycles. The van der Waals surface area contributed by atoms with E-state index in [1.807, 2.05) is 4.90 Å². The van der Waals surface area contributed by atoms with E-state index in [0.29, 0.717) is 41.3 Å². The van der Waals surface area contributed by atoms with Gasteiger partial charge in [0.25, 0.3) is 5.91 Å². The molecule has 26 heavy (non-hydrogen) atoms. The van der Waals surface area contributed by atoms with E-state index >= 15 is 0 Å². The van der Waals surface area contributed by atoms with Gasteiger partial charge in [0.2, 0.25) is 5.91 Å². The number of halogens is 1. The minimum absolute atomic E-state index is 0.0452. The second-order valence-corrected chi connectivity index (χ2v) is 10.6. The van der Waals surface area contributed by atoms with Gasteiger partial charge in [-0.3, -0.25) is 9.59 Å². The van der Waals surface area contributed by atoms with Gasteiger partial charge in [0.1, 0.15) is 0 Å². The van der Waals surface area contributed by atoms with Crippen molar-refractivity contribution in [3.05, 3.63) is 21.3 Å². The van der Waals surface area contributed by atoms with Crippen LogP contribution in [0.5, 0.6) is 0 Å². The molecule has 6 rings (SSSR count). The molecule has 5 aliphatic rings. The summed E-state index contributed by atoms with van der Waals surface area (Å²) in [5, 5.41) is 0. The highest BCUT2D eigenvalue weighted by atomic mass is 35.5. The predicted molar refractivity (Wildman–Crippen MR) is 102 cm³/mol. The minimum atomic E-state index is -0.0673. The molecule has 4 saturated carbocycles. The quantitative estimate of drug-likeness (QED) is 0.765. The van der Waals surface area contributed by atoms with Crippen LogP contribution < -0.4 is 0 Å². The third kappa shape index (κ3) is 2.78. The van der Waals surface area contributed by atoms with Crippen molar-refractivity contribution in [2.45, 2.75) is 38.5 Å². The zero-order chi connectivity index (χ0) is 17.9. The predicted octanol–water partition coefficient (Wildman–Crippen LogP) is 3.90. The summed E-state index contributed by atoms with van der Waals surface area (Å²) in [6.45, 7) is 2.61. The maximum Gasteiger partial charge on any atom is 0.264 e. The van der Waals surface area contributed by atoms with Gasteiger partial charge in [0.15, 0.2) is 0 Å². The number of piperazine rings is 1. The fraction of sp³-hybridized carbons (Fsp3) is 0.700. The summed E-state index contributed by atoms with van der Waals surface area (Å²) in [5.74, 6) is 2.80. The molecule has 0 spiro atoms. The summed E-state index contributed by atoms with van der Waals surface area (Å²) in [5.41, 5.74) is -0.0673. The number of hydrogen-bond donors (Lipinski definition) is 0. The van der Waals surface area contributed by atoms with Crippen LogP contribution in [0.25, 0.3) is 0 Å². The Hall–Kier alpha value is -1.07. The average Bonchev–Trinajstić information content (AvgIpc) is 3.06. The zero-order valence-electron chi connectivity index (χ0n) is 15.0. The van der Waals surface area contributed by atoms with Gasteiger partial charge in [-0.05, 0) is 68.4 Å². The molecule has 4 nitrogen and oxygen atoms in total. The molecule has 0 atom stereocenters. The van der Waals surface area contributed by atoms with Gasteiger partial charge >= 0.3 is 0 Å². The zero-order valence-corrected chi connectivity index (χ0v) is 16.5. The summed E-state index contributed by atoms with van der Waals surface area (Å²) in [6.07, 6.45) is 7.43. The van der Waals surface area contributed by atoms with Gasteiger partial charge in [-0.15, -0.1) is 11.3 Å². The molecule has 1 saturated heterocycles. The molecule has 0 radical (unpaired) electrons. The van der Waals surface area contributed by atoms with E-state index in [9.17, 15) is 9.59 Å².